The van der Waals surface area contributed by atoms with Crippen LogP contribution in [0.5, 0.6) is 0 Å². The molecule has 1 saturated heterocycles. The zero-order valence-electron chi connectivity index (χ0n) is 19.9. The van der Waals surface area contributed by atoms with Gasteiger partial charge in [0.15, 0.2) is 0 Å². The second kappa shape index (κ2) is 13.1. The van der Waals surface area contributed by atoms with E-state index < -0.39 is 47.9 Å². The maximum absolute atomic E-state index is 13.5. The molecule has 2 aromatic carbocycles. The fraction of sp³-hybridized carbons (Fsp3) is 0.385. The van der Waals surface area contributed by atoms with Crippen LogP contribution >= 0.6 is 12.6 Å². The number of carboxylic acids is 1. The first-order valence-electron chi connectivity index (χ1n) is 11.9. The Kier molecular flexibility index (Phi) is 9.89. The van der Waals surface area contributed by atoms with Crippen molar-refractivity contribution in [1.82, 2.24) is 15.5 Å². The number of nitrogens with one attached hydrogen (secondary N) is 2. The third kappa shape index (κ3) is 7.32. The lowest BCUT2D eigenvalue weighted by Crippen LogP contribution is -2.58. The number of nitrogens with two attached hydrogens (primary N) is 1. The molecule has 0 radical (unpaired) electrons. The van der Waals surface area contributed by atoms with Crippen LogP contribution in [0.25, 0.3) is 0 Å². The molecule has 2 aromatic rings. The first kappa shape index (κ1) is 27.2. The molecule has 0 bridgehead atoms. The van der Waals surface area contributed by atoms with Crippen LogP contribution in [-0.2, 0) is 32.0 Å². The molecule has 192 valence electrons. The van der Waals surface area contributed by atoms with Crippen LogP contribution in [0.4, 0.5) is 0 Å². The summed E-state index contributed by atoms with van der Waals surface area (Å²) in [5.41, 5.74) is 7.42. The lowest BCUT2D eigenvalue weighted by Gasteiger charge is -2.29. The largest absolute Gasteiger partial charge is 0.480 e. The van der Waals surface area contributed by atoms with Gasteiger partial charge in [0.1, 0.15) is 18.1 Å². The summed E-state index contributed by atoms with van der Waals surface area (Å²) >= 11 is 4.06. The number of thiol groups is 1. The predicted octanol–water partition coefficient (Wildman–Crippen LogP) is 0.774. The Labute approximate surface area is 215 Å². The molecule has 3 amide bonds. The van der Waals surface area contributed by atoms with Crippen molar-refractivity contribution in [1.29, 1.82) is 0 Å². The molecule has 4 atom stereocenters. The van der Waals surface area contributed by atoms with E-state index in [1.54, 1.807) is 0 Å². The van der Waals surface area contributed by atoms with Crippen LogP contribution < -0.4 is 16.4 Å². The van der Waals surface area contributed by atoms with Crippen molar-refractivity contribution in [2.45, 2.75) is 49.9 Å². The Morgan fingerprint density at radius 3 is 1.97 bits per heavy atom. The first-order valence-corrected chi connectivity index (χ1v) is 12.5. The van der Waals surface area contributed by atoms with E-state index in [9.17, 15) is 24.3 Å². The molecule has 0 aromatic heterocycles. The van der Waals surface area contributed by atoms with E-state index in [1.807, 2.05) is 60.7 Å². The van der Waals surface area contributed by atoms with Gasteiger partial charge in [-0.25, -0.2) is 4.79 Å². The molecule has 9 nitrogen and oxygen atoms in total. The maximum atomic E-state index is 13.5. The van der Waals surface area contributed by atoms with Crippen molar-refractivity contribution < 1.29 is 24.3 Å². The second-order valence-electron chi connectivity index (χ2n) is 8.82. The number of amides is 3. The van der Waals surface area contributed by atoms with Crippen LogP contribution in [0.2, 0.25) is 0 Å². The Morgan fingerprint density at radius 1 is 0.917 bits per heavy atom. The molecule has 1 heterocycles. The number of benzene rings is 2. The molecule has 1 fully saturated rings. The standard InChI is InChI=1S/C26H32N4O5S/c27-19(16-36)23(31)28-20(14-17-8-3-1-4-9-17)24(32)29-21(15-18-10-5-2-6-11-18)25(33)30-13-7-12-22(30)26(34)35/h1-6,8-11,19-22,36H,7,12-16,27H2,(H,28,31)(H,29,32)(H,34,35). The van der Waals surface area contributed by atoms with Crippen molar-refractivity contribution >= 4 is 36.3 Å². The highest BCUT2D eigenvalue weighted by atomic mass is 32.1. The average molecular weight is 513 g/mol. The van der Waals surface area contributed by atoms with Gasteiger partial charge in [0.05, 0.1) is 6.04 Å². The van der Waals surface area contributed by atoms with E-state index in [-0.39, 0.29) is 18.6 Å². The van der Waals surface area contributed by atoms with Gasteiger partial charge in [-0.3, -0.25) is 14.4 Å². The van der Waals surface area contributed by atoms with Crippen molar-refractivity contribution in [3.63, 3.8) is 0 Å². The summed E-state index contributed by atoms with van der Waals surface area (Å²) in [6, 6.07) is 14.5. The number of carbonyl (C=O) groups excluding carboxylic acids is 3. The fourth-order valence-electron chi connectivity index (χ4n) is 4.23. The molecule has 5 N–H and O–H groups in total. The van der Waals surface area contributed by atoms with Gasteiger partial charge in [-0.15, -0.1) is 0 Å². The summed E-state index contributed by atoms with van der Waals surface area (Å²) in [6.45, 7) is 0.304. The summed E-state index contributed by atoms with van der Waals surface area (Å²) in [6.07, 6.45) is 1.30. The van der Waals surface area contributed by atoms with Crippen LogP contribution in [0.15, 0.2) is 60.7 Å². The van der Waals surface area contributed by atoms with Crippen LogP contribution in [-0.4, -0.2) is 70.2 Å². The SMILES string of the molecule is NC(CS)C(=O)NC(Cc1ccccc1)C(=O)NC(Cc1ccccc1)C(=O)N1CCCC1C(=O)O. The second-order valence-corrected chi connectivity index (χ2v) is 9.18. The van der Waals surface area contributed by atoms with Gasteiger partial charge in [0.2, 0.25) is 17.7 Å². The molecule has 1 aliphatic rings. The molecule has 10 heteroatoms. The lowest BCUT2D eigenvalue weighted by atomic mass is 10.0. The van der Waals surface area contributed by atoms with Crippen LogP contribution in [0.3, 0.4) is 0 Å². The van der Waals surface area contributed by atoms with E-state index in [0.717, 1.165) is 11.1 Å². The van der Waals surface area contributed by atoms with E-state index in [2.05, 4.69) is 23.3 Å². The van der Waals surface area contributed by atoms with Gasteiger partial charge in [0.25, 0.3) is 0 Å². The third-order valence-electron chi connectivity index (χ3n) is 6.17. The highest BCUT2D eigenvalue weighted by Gasteiger charge is 2.38. The number of likely N-dealkylation sites (tertiary alicyclic amines) is 1. The number of carboxylic acid groups (broad SMARTS) is 1. The lowest BCUT2D eigenvalue weighted by molar-refractivity contribution is -0.149. The van der Waals surface area contributed by atoms with E-state index in [0.29, 0.717) is 19.4 Å². The minimum Gasteiger partial charge on any atom is -0.480 e. The summed E-state index contributed by atoms with van der Waals surface area (Å²) in [5.74, 6) is -2.52. The highest BCUT2D eigenvalue weighted by molar-refractivity contribution is 7.80. The van der Waals surface area contributed by atoms with Gasteiger partial charge in [0, 0.05) is 25.1 Å². The Hall–Kier alpha value is -3.37. The third-order valence-corrected chi connectivity index (χ3v) is 6.56. The van der Waals surface area contributed by atoms with Crippen LogP contribution in [0, 0.1) is 0 Å². The van der Waals surface area contributed by atoms with Gasteiger partial charge >= 0.3 is 5.97 Å². The number of aliphatic carboxylic acids is 1. The van der Waals surface area contributed by atoms with Crippen molar-refractivity contribution in [3.05, 3.63) is 71.8 Å². The van der Waals surface area contributed by atoms with E-state index >= 15 is 0 Å². The fourth-order valence-corrected chi connectivity index (χ4v) is 4.40. The summed E-state index contributed by atoms with van der Waals surface area (Å²) in [4.78, 5) is 52.5. The van der Waals surface area contributed by atoms with Gasteiger partial charge < -0.3 is 26.4 Å². The number of rotatable bonds is 11. The molecule has 1 aliphatic heterocycles. The van der Waals surface area contributed by atoms with Gasteiger partial charge in [-0.05, 0) is 24.0 Å². The molecule has 3 rings (SSSR count). The normalized spacial score (nSPS) is 17.6. The molecular formula is C26H32N4O5S. The Bertz CT molecular complexity index is 1050. The minimum atomic E-state index is -1.07. The quantitative estimate of drug-likeness (QED) is 0.282. The number of hydrogen-bond donors (Lipinski definition) is 5. The monoisotopic (exact) mass is 512 g/mol. The molecular weight excluding hydrogens is 480 g/mol. The van der Waals surface area contributed by atoms with Crippen molar-refractivity contribution in [2.24, 2.45) is 5.73 Å². The Morgan fingerprint density at radius 2 is 1.44 bits per heavy atom. The molecule has 36 heavy (non-hydrogen) atoms. The number of carbonyl (C=O) groups is 4. The maximum Gasteiger partial charge on any atom is 0.326 e. The molecule has 0 saturated carbocycles. The van der Waals surface area contributed by atoms with Gasteiger partial charge in [-0.2, -0.15) is 12.6 Å². The predicted molar refractivity (Wildman–Crippen MR) is 138 cm³/mol. The molecule has 0 spiro atoms. The highest BCUT2D eigenvalue weighted by Crippen LogP contribution is 2.20. The summed E-state index contributed by atoms with van der Waals surface area (Å²) in [7, 11) is 0. The number of hydrogen-bond acceptors (Lipinski definition) is 6. The first-order chi connectivity index (χ1) is 17.3. The van der Waals surface area contributed by atoms with Crippen molar-refractivity contribution in [3.8, 4) is 0 Å². The van der Waals surface area contributed by atoms with Crippen molar-refractivity contribution in [2.75, 3.05) is 12.3 Å². The number of nitrogens with zero attached hydrogens (tertiary/aromatic N) is 1. The zero-order valence-corrected chi connectivity index (χ0v) is 20.8. The smallest absolute Gasteiger partial charge is 0.326 e. The topological polar surface area (TPSA) is 142 Å². The summed E-state index contributed by atoms with van der Waals surface area (Å²) in [5, 5.41) is 15.0. The van der Waals surface area contributed by atoms with Gasteiger partial charge in [-0.1, -0.05) is 60.7 Å². The molecule has 4 unspecified atom stereocenters. The Balaban J connectivity index is 1.85. The summed E-state index contributed by atoms with van der Waals surface area (Å²) < 4.78 is 0. The zero-order chi connectivity index (χ0) is 26.1. The van der Waals surface area contributed by atoms with Crippen LogP contribution in [0.1, 0.15) is 24.0 Å². The minimum absolute atomic E-state index is 0.103. The average Bonchev–Trinajstić information content (AvgIpc) is 3.38. The van der Waals surface area contributed by atoms with E-state index in [4.69, 9.17) is 5.73 Å². The molecule has 0 aliphatic carbocycles. The van der Waals surface area contributed by atoms with E-state index in [1.165, 1.54) is 4.90 Å².